The van der Waals surface area contributed by atoms with E-state index in [1.165, 1.54) is 0 Å². The number of benzene rings is 1. The largest absolute Gasteiger partial charge is 0.481 e. The summed E-state index contributed by atoms with van der Waals surface area (Å²) >= 11 is 5.89. The Bertz CT molecular complexity index is 641. The van der Waals surface area contributed by atoms with Crippen molar-refractivity contribution >= 4 is 23.3 Å². The van der Waals surface area contributed by atoms with Crippen molar-refractivity contribution in [1.82, 2.24) is 4.98 Å². The van der Waals surface area contributed by atoms with Crippen LogP contribution in [0, 0.1) is 13.8 Å². The summed E-state index contributed by atoms with van der Waals surface area (Å²) in [6.07, 6.45) is 1.07. The lowest BCUT2D eigenvalue weighted by molar-refractivity contribution is -0.122. The number of anilines is 1. The average molecular weight is 305 g/mol. The molecular weight excluding hydrogens is 288 g/mol. The van der Waals surface area contributed by atoms with Crippen LogP contribution in [-0.4, -0.2) is 17.0 Å². The third kappa shape index (κ3) is 4.20. The maximum atomic E-state index is 12.1. The molecule has 2 aromatic rings. The quantitative estimate of drug-likeness (QED) is 0.935. The summed E-state index contributed by atoms with van der Waals surface area (Å²) in [6, 6.07) is 8.93. The van der Waals surface area contributed by atoms with Gasteiger partial charge in [-0.05, 0) is 56.2 Å². The molecule has 1 aromatic carbocycles. The Hall–Kier alpha value is -2.07. The van der Waals surface area contributed by atoms with E-state index < -0.39 is 6.10 Å². The van der Waals surface area contributed by atoms with Gasteiger partial charge >= 0.3 is 0 Å². The fraction of sp³-hybridized carbons (Fsp3) is 0.250. The standard InChI is InChI=1S/C16H17ClN2O2/c1-10-4-7-15(18-9-10)19-16(20)12(3)21-14-6-5-13(17)8-11(14)2/h4-9,12H,1-3H3,(H,18,19,20)/t12-/m0/s1. The fourth-order valence-corrected chi connectivity index (χ4v) is 1.99. The smallest absolute Gasteiger partial charge is 0.266 e. The summed E-state index contributed by atoms with van der Waals surface area (Å²) in [6.45, 7) is 5.51. The van der Waals surface area contributed by atoms with Crippen LogP contribution in [0.15, 0.2) is 36.5 Å². The Morgan fingerprint density at radius 3 is 2.67 bits per heavy atom. The molecule has 1 heterocycles. The lowest BCUT2D eigenvalue weighted by Gasteiger charge is -2.16. The van der Waals surface area contributed by atoms with Crippen LogP contribution in [0.3, 0.4) is 0 Å². The van der Waals surface area contributed by atoms with Gasteiger partial charge in [-0.15, -0.1) is 0 Å². The first-order valence-electron chi connectivity index (χ1n) is 6.62. The van der Waals surface area contributed by atoms with Crippen molar-refractivity contribution < 1.29 is 9.53 Å². The number of carbonyl (C=O) groups excluding carboxylic acids is 1. The Kier molecular flexibility index (Phi) is 4.81. The molecule has 0 fully saturated rings. The van der Waals surface area contributed by atoms with E-state index in [0.29, 0.717) is 16.6 Å². The maximum Gasteiger partial charge on any atom is 0.266 e. The highest BCUT2D eigenvalue weighted by Gasteiger charge is 2.16. The van der Waals surface area contributed by atoms with Crippen molar-refractivity contribution in [3.8, 4) is 5.75 Å². The second kappa shape index (κ2) is 6.59. The van der Waals surface area contributed by atoms with Gasteiger partial charge in [0, 0.05) is 11.2 Å². The normalized spacial score (nSPS) is 11.8. The second-order valence-corrected chi connectivity index (χ2v) is 5.32. The highest BCUT2D eigenvalue weighted by atomic mass is 35.5. The van der Waals surface area contributed by atoms with Crippen molar-refractivity contribution in [2.45, 2.75) is 26.9 Å². The number of nitrogens with one attached hydrogen (secondary N) is 1. The van der Waals surface area contributed by atoms with Crippen LogP contribution in [0.2, 0.25) is 5.02 Å². The van der Waals surface area contributed by atoms with E-state index in [-0.39, 0.29) is 5.91 Å². The van der Waals surface area contributed by atoms with Crippen LogP contribution < -0.4 is 10.1 Å². The van der Waals surface area contributed by atoms with Gasteiger partial charge in [0.25, 0.3) is 5.91 Å². The SMILES string of the molecule is Cc1ccc(NC(=O)[C@H](C)Oc2ccc(Cl)cc2C)nc1. The third-order valence-electron chi connectivity index (χ3n) is 2.97. The molecule has 0 aliphatic rings. The minimum absolute atomic E-state index is 0.249. The Labute approximate surface area is 129 Å². The van der Waals surface area contributed by atoms with E-state index in [4.69, 9.17) is 16.3 Å². The van der Waals surface area contributed by atoms with Crippen molar-refractivity contribution in [3.05, 3.63) is 52.7 Å². The Morgan fingerprint density at radius 2 is 2.05 bits per heavy atom. The number of nitrogens with zero attached hydrogens (tertiary/aromatic N) is 1. The number of rotatable bonds is 4. The predicted octanol–water partition coefficient (Wildman–Crippen LogP) is 3.76. The molecule has 0 saturated carbocycles. The number of amides is 1. The lowest BCUT2D eigenvalue weighted by Crippen LogP contribution is -2.30. The van der Waals surface area contributed by atoms with Crippen LogP contribution in [-0.2, 0) is 4.79 Å². The number of pyridine rings is 1. The van der Waals surface area contributed by atoms with E-state index in [1.54, 1.807) is 37.4 Å². The van der Waals surface area contributed by atoms with Gasteiger partial charge in [0.1, 0.15) is 11.6 Å². The number of ether oxygens (including phenoxy) is 1. The summed E-state index contributed by atoms with van der Waals surface area (Å²) in [5.74, 6) is 0.897. The first-order valence-corrected chi connectivity index (χ1v) is 7.00. The molecule has 0 radical (unpaired) electrons. The molecule has 2 rings (SSSR count). The van der Waals surface area contributed by atoms with Gasteiger partial charge in [0.2, 0.25) is 0 Å². The van der Waals surface area contributed by atoms with Gasteiger partial charge in [0.05, 0.1) is 0 Å². The van der Waals surface area contributed by atoms with E-state index in [9.17, 15) is 4.79 Å². The zero-order chi connectivity index (χ0) is 15.4. The highest BCUT2D eigenvalue weighted by Crippen LogP contribution is 2.23. The first-order chi connectivity index (χ1) is 9.95. The maximum absolute atomic E-state index is 12.1. The van der Waals surface area contributed by atoms with Gasteiger partial charge in [-0.25, -0.2) is 4.98 Å². The molecule has 1 N–H and O–H groups in total. The molecule has 0 spiro atoms. The van der Waals surface area contributed by atoms with Gasteiger partial charge in [-0.1, -0.05) is 17.7 Å². The first kappa shape index (κ1) is 15.3. The molecule has 21 heavy (non-hydrogen) atoms. The van der Waals surface area contributed by atoms with Crippen molar-refractivity contribution in [1.29, 1.82) is 0 Å². The van der Waals surface area contributed by atoms with Crippen LogP contribution in [0.25, 0.3) is 0 Å². The molecule has 0 unspecified atom stereocenters. The molecule has 1 aromatic heterocycles. The number of hydrogen-bond donors (Lipinski definition) is 1. The summed E-state index contributed by atoms with van der Waals surface area (Å²) < 4.78 is 5.66. The molecule has 0 saturated heterocycles. The van der Waals surface area contributed by atoms with E-state index in [1.807, 2.05) is 19.9 Å². The number of aromatic nitrogens is 1. The second-order valence-electron chi connectivity index (χ2n) is 4.88. The fourth-order valence-electron chi connectivity index (χ4n) is 1.76. The van der Waals surface area contributed by atoms with Crippen LogP contribution in [0.1, 0.15) is 18.1 Å². The van der Waals surface area contributed by atoms with Gasteiger partial charge in [0.15, 0.2) is 6.10 Å². The lowest BCUT2D eigenvalue weighted by atomic mass is 10.2. The Morgan fingerprint density at radius 1 is 1.29 bits per heavy atom. The average Bonchev–Trinajstić information content (AvgIpc) is 2.44. The number of aryl methyl sites for hydroxylation is 2. The molecule has 1 atom stereocenters. The van der Waals surface area contributed by atoms with Crippen molar-refractivity contribution in [2.75, 3.05) is 5.32 Å². The summed E-state index contributed by atoms with van der Waals surface area (Å²) in [4.78, 5) is 16.2. The van der Waals surface area contributed by atoms with Crippen LogP contribution >= 0.6 is 11.6 Å². The van der Waals surface area contributed by atoms with Gasteiger partial charge < -0.3 is 10.1 Å². The van der Waals surface area contributed by atoms with Crippen molar-refractivity contribution in [2.24, 2.45) is 0 Å². The summed E-state index contributed by atoms with van der Waals surface area (Å²) in [7, 11) is 0. The molecule has 110 valence electrons. The minimum atomic E-state index is -0.632. The molecule has 5 heteroatoms. The van der Waals surface area contributed by atoms with Crippen LogP contribution in [0.4, 0.5) is 5.82 Å². The molecule has 4 nitrogen and oxygen atoms in total. The number of carbonyl (C=O) groups is 1. The number of hydrogen-bond acceptors (Lipinski definition) is 3. The van der Waals surface area contributed by atoms with E-state index in [0.717, 1.165) is 11.1 Å². The van der Waals surface area contributed by atoms with E-state index in [2.05, 4.69) is 10.3 Å². The molecular formula is C16H17ClN2O2. The third-order valence-corrected chi connectivity index (χ3v) is 3.21. The van der Waals surface area contributed by atoms with Gasteiger partial charge in [-0.2, -0.15) is 0 Å². The molecule has 0 aliphatic heterocycles. The van der Waals surface area contributed by atoms with Crippen molar-refractivity contribution in [3.63, 3.8) is 0 Å². The Balaban J connectivity index is 2.00. The monoisotopic (exact) mass is 304 g/mol. The van der Waals surface area contributed by atoms with Crippen LogP contribution in [0.5, 0.6) is 5.75 Å². The summed E-state index contributed by atoms with van der Waals surface area (Å²) in [5.41, 5.74) is 1.92. The highest BCUT2D eigenvalue weighted by molar-refractivity contribution is 6.30. The zero-order valence-electron chi connectivity index (χ0n) is 12.2. The molecule has 0 bridgehead atoms. The zero-order valence-corrected chi connectivity index (χ0v) is 12.9. The molecule has 0 aliphatic carbocycles. The molecule has 1 amide bonds. The number of halogens is 1. The summed E-state index contributed by atoms with van der Waals surface area (Å²) in [5, 5.41) is 3.36. The topological polar surface area (TPSA) is 51.2 Å². The predicted molar refractivity (Wildman–Crippen MR) is 83.9 cm³/mol. The minimum Gasteiger partial charge on any atom is -0.481 e. The van der Waals surface area contributed by atoms with Gasteiger partial charge in [-0.3, -0.25) is 4.79 Å². The van der Waals surface area contributed by atoms with E-state index >= 15 is 0 Å².